The summed E-state index contributed by atoms with van der Waals surface area (Å²) < 4.78 is 3.56. The van der Waals surface area contributed by atoms with Gasteiger partial charge in [-0.05, 0) is 32.9 Å². The van der Waals surface area contributed by atoms with Gasteiger partial charge in [0.1, 0.15) is 11.8 Å². The minimum Gasteiger partial charge on any atom is -0.616 e. The largest absolute Gasteiger partial charge is 0.616 e. The summed E-state index contributed by atoms with van der Waals surface area (Å²) in [5.41, 5.74) is -1.94. The van der Waals surface area contributed by atoms with E-state index >= 15 is 0 Å². The second kappa shape index (κ2) is 4.37. The van der Waals surface area contributed by atoms with E-state index < -0.39 is 21.8 Å². The second-order valence-electron chi connectivity index (χ2n) is 4.42. The zero-order valence-electron chi connectivity index (χ0n) is 9.24. The van der Waals surface area contributed by atoms with Gasteiger partial charge in [-0.3, -0.25) is 0 Å². The third-order valence-corrected chi connectivity index (χ3v) is 2.78. The Kier molecular flexibility index (Phi) is 3.69. The van der Waals surface area contributed by atoms with Gasteiger partial charge >= 0.3 is 6.09 Å². The number of alkyl halides is 1. The Morgan fingerprint density at radius 3 is 2.62 bits per heavy atom. The Morgan fingerprint density at radius 2 is 2.12 bits per heavy atom. The van der Waals surface area contributed by atoms with Gasteiger partial charge in [0, 0.05) is 0 Å². The van der Waals surface area contributed by atoms with Crippen molar-refractivity contribution in [2.75, 3.05) is 0 Å². The van der Waals surface area contributed by atoms with Crippen molar-refractivity contribution in [2.45, 2.75) is 31.9 Å². The van der Waals surface area contributed by atoms with Gasteiger partial charge in [0.25, 0.3) is 0 Å². The lowest BCUT2D eigenvalue weighted by atomic mass is 10.2. The molecule has 0 saturated carbocycles. The van der Waals surface area contributed by atoms with Crippen LogP contribution in [0.1, 0.15) is 20.8 Å². The number of quaternary nitrogens is 1. The number of carbonyl (C=O) groups excluding carboxylic acids is 1. The van der Waals surface area contributed by atoms with E-state index in [4.69, 9.17) is 27.9 Å². The lowest BCUT2D eigenvalue weighted by Crippen LogP contribution is -2.51. The summed E-state index contributed by atoms with van der Waals surface area (Å²) in [4.78, 5) is 11.7. The fraction of sp³-hybridized carbons (Fsp3) is 0.500. The van der Waals surface area contributed by atoms with Crippen LogP contribution >= 0.6 is 23.2 Å². The molecule has 6 heteroatoms. The molecule has 4 nitrogen and oxygen atoms in total. The molecule has 0 fully saturated rings. The van der Waals surface area contributed by atoms with Gasteiger partial charge in [0.05, 0.1) is 5.03 Å². The van der Waals surface area contributed by atoms with Gasteiger partial charge in [-0.25, -0.2) is 4.65 Å². The highest BCUT2D eigenvalue weighted by Crippen LogP contribution is 2.31. The van der Waals surface area contributed by atoms with Crippen molar-refractivity contribution in [1.82, 2.24) is 0 Å². The van der Waals surface area contributed by atoms with E-state index in [1.807, 2.05) is 0 Å². The van der Waals surface area contributed by atoms with Crippen LogP contribution in [0.4, 0.5) is 4.79 Å². The number of rotatable bonds is 0. The normalized spacial score (nSPS) is 29.9. The Balaban J connectivity index is 2.91. The first-order valence-corrected chi connectivity index (χ1v) is 5.50. The van der Waals surface area contributed by atoms with Gasteiger partial charge in [-0.1, -0.05) is 23.2 Å². The lowest BCUT2D eigenvalue weighted by Gasteiger charge is -2.40. The average Bonchev–Trinajstić information content (AvgIpc) is 2.11. The molecule has 0 aromatic carbocycles. The van der Waals surface area contributed by atoms with Crippen LogP contribution in [0.5, 0.6) is 0 Å². The van der Waals surface area contributed by atoms with Crippen LogP contribution in [0.15, 0.2) is 23.4 Å². The molecule has 2 unspecified atom stereocenters. The predicted octanol–water partition coefficient (Wildman–Crippen LogP) is 3.45. The molecule has 1 aliphatic rings. The quantitative estimate of drug-likeness (QED) is 0.292. The van der Waals surface area contributed by atoms with E-state index in [0.717, 1.165) is 6.20 Å². The maximum atomic E-state index is 12.2. The van der Waals surface area contributed by atoms with E-state index in [9.17, 15) is 10.0 Å². The fourth-order valence-corrected chi connectivity index (χ4v) is 1.52. The second-order valence-corrected chi connectivity index (χ2v) is 5.27. The Bertz CT molecular complexity index is 360. The summed E-state index contributed by atoms with van der Waals surface area (Å²) >= 11 is 11.5. The van der Waals surface area contributed by atoms with Gasteiger partial charge in [-0.15, -0.1) is 0 Å². The molecule has 1 rings (SSSR count). The highest BCUT2D eigenvalue weighted by atomic mass is 35.5. The number of halogens is 2. The van der Waals surface area contributed by atoms with E-state index in [1.54, 1.807) is 20.8 Å². The SMILES string of the molecule is CC(C)(C)OC(=O)[N+]1([O-])C=CC=C(Cl)C1Cl. The first kappa shape index (κ1) is 13.5. The maximum absolute atomic E-state index is 12.2. The number of ether oxygens (including phenoxy) is 1. The van der Waals surface area contributed by atoms with Crippen molar-refractivity contribution in [3.8, 4) is 0 Å². The molecule has 0 radical (unpaired) electrons. The summed E-state index contributed by atoms with van der Waals surface area (Å²) in [7, 11) is 0. The van der Waals surface area contributed by atoms with Crippen LogP contribution in [0.25, 0.3) is 0 Å². The average molecular weight is 266 g/mol. The van der Waals surface area contributed by atoms with Gasteiger partial charge < -0.3 is 9.94 Å². The van der Waals surface area contributed by atoms with Crippen LogP contribution in [0, 0.1) is 5.21 Å². The molecule has 0 aromatic rings. The molecule has 1 heterocycles. The van der Waals surface area contributed by atoms with Gasteiger partial charge in [-0.2, -0.15) is 4.79 Å². The van der Waals surface area contributed by atoms with Crippen LogP contribution in [-0.2, 0) is 4.74 Å². The fourth-order valence-electron chi connectivity index (χ4n) is 1.09. The summed E-state index contributed by atoms with van der Waals surface area (Å²) in [5, 5.41) is 12.3. The third kappa shape index (κ3) is 2.77. The lowest BCUT2D eigenvalue weighted by molar-refractivity contribution is -0.761. The molecule has 1 amide bonds. The standard InChI is InChI=1S/C10H13Cl2NO3/c1-10(2,3)16-9(14)13(15)6-4-5-7(11)8(13)12/h4-6,8H,1-3H3. The number of carbonyl (C=O) groups is 1. The molecule has 0 aliphatic carbocycles. The topological polar surface area (TPSA) is 49.4 Å². The molecular weight excluding hydrogens is 253 g/mol. The minimum atomic E-state index is -1.44. The van der Waals surface area contributed by atoms with Crippen molar-refractivity contribution in [2.24, 2.45) is 0 Å². The molecule has 16 heavy (non-hydrogen) atoms. The summed E-state index contributed by atoms with van der Waals surface area (Å²) in [6.45, 7) is 5.02. The van der Waals surface area contributed by atoms with Crippen molar-refractivity contribution in [3.63, 3.8) is 0 Å². The number of allylic oxidation sites excluding steroid dienone is 2. The molecule has 1 aliphatic heterocycles. The Morgan fingerprint density at radius 1 is 1.56 bits per heavy atom. The maximum Gasteiger partial charge on any atom is 0.522 e. The highest BCUT2D eigenvalue weighted by molar-refractivity contribution is 6.37. The van der Waals surface area contributed by atoms with Crippen LogP contribution < -0.4 is 0 Å². The predicted molar refractivity (Wildman–Crippen MR) is 62.6 cm³/mol. The monoisotopic (exact) mass is 265 g/mol. The van der Waals surface area contributed by atoms with E-state index in [1.165, 1.54) is 12.2 Å². The first-order chi connectivity index (χ1) is 7.17. The molecule has 0 aromatic heterocycles. The van der Waals surface area contributed by atoms with Crippen LogP contribution in [0.2, 0.25) is 0 Å². The van der Waals surface area contributed by atoms with Crippen molar-refractivity contribution < 1.29 is 14.2 Å². The van der Waals surface area contributed by atoms with E-state index in [-0.39, 0.29) is 5.03 Å². The van der Waals surface area contributed by atoms with Crippen LogP contribution in [-0.4, -0.2) is 21.8 Å². The van der Waals surface area contributed by atoms with Crippen molar-refractivity contribution >= 4 is 29.3 Å². The van der Waals surface area contributed by atoms with Crippen molar-refractivity contribution in [1.29, 1.82) is 0 Å². The highest BCUT2D eigenvalue weighted by Gasteiger charge is 2.41. The number of nitrogens with zero attached hydrogens (tertiary/aromatic N) is 1. The van der Waals surface area contributed by atoms with Gasteiger partial charge in [0.2, 0.25) is 5.50 Å². The summed E-state index contributed by atoms with van der Waals surface area (Å²) in [5.74, 6) is 0. The third-order valence-electron chi connectivity index (χ3n) is 1.81. The summed E-state index contributed by atoms with van der Waals surface area (Å²) in [6.07, 6.45) is 2.99. The van der Waals surface area contributed by atoms with E-state index in [0.29, 0.717) is 0 Å². The number of hydrogen-bond donors (Lipinski definition) is 0. The van der Waals surface area contributed by atoms with E-state index in [2.05, 4.69) is 0 Å². The van der Waals surface area contributed by atoms with Gasteiger partial charge in [0.15, 0.2) is 0 Å². The smallest absolute Gasteiger partial charge is 0.522 e. The number of hydrogen-bond acceptors (Lipinski definition) is 3. The number of hydroxylamine groups is 3. The molecule has 0 N–H and O–H groups in total. The van der Waals surface area contributed by atoms with Crippen LogP contribution in [0.3, 0.4) is 0 Å². The zero-order chi connectivity index (χ0) is 12.6. The molecular formula is C10H13Cl2NO3. The first-order valence-electron chi connectivity index (χ1n) is 4.69. The molecule has 0 spiro atoms. The Hall–Kier alpha value is -0.550. The molecule has 0 saturated heterocycles. The molecule has 2 atom stereocenters. The zero-order valence-corrected chi connectivity index (χ0v) is 10.7. The molecule has 90 valence electrons. The number of amides is 1. The summed E-state index contributed by atoms with van der Waals surface area (Å²) in [6, 6.07) is 0. The minimum absolute atomic E-state index is 0.116. The Labute approximate surface area is 104 Å². The molecule has 0 bridgehead atoms. The van der Waals surface area contributed by atoms with Crippen molar-refractivity contribution in [3.05, 3.63) is 28.6 Å².